The number of hydrogen-bond donors (Lipinski definition) is 1. The second kappa shape index (κ2) is 6.22. The zero-order chi connectivity index (χ0) is 13.8. The van der Waals surface area contributed by atoms with Crippen LogP contribution in [0.25, 0.3) is 0 Å². The predicted octanol–water partition coefficient (Wildman–Crippen LogP) is 4.07. The average molecular weight is 320 g/mol. The lowest BCUT2D eigenvalue weighted by molar-refractivity contribution is 0.412. The Labute approximate surface area is 122 Å². The molecule has 1 unspecified atom stereocenters. The lowest BCUT2D eigenvalue weighted by Crippen LogP contribution is -2.12. The molecule has 0 aromatic heterocycles. The van der Waals surface area contributed by atoms with Gasteiger partial charge in [0.25, 0.3) is 0 Å². The van der Waals surface area contributed by atoms with Crippen molar-refractivity contribution in [1.82, 2.24) is 0 Å². The summed E-state index contributed by atoms with van der Waals surface area (Å²) in [6.07, 6.45) is 1.02. The smallest absolute Gasteiger partial charge is 0.133 e. The summed E-state index contributed by atoms with van der Waals surface area (Å²) < 4.78 is 6.16. The Balaban J connectivity index is 2.32. The fraction of sp³-hybridized carbons (Fsp3) is 0.250. The largest absolute Gasteiger partial charge is 0.496 e. The van der Waals surface area contributed by atoms with Crippen molar-refractivity contribution >= 4 is 15.9 Å². The predicted molar refractivity (Wildman–Crippen MR) is 82.5 cm³/mol. The molecule has 2 N–H and O–H groups in total. The zero-order valence-electron chi connectivity index (χ0n) is 11.2. The quantitative estimate of drug-likeness (QED) is 0.922. The molecule has 0 aliphatic carbocycles. The molecule has 3 heteroatoms. The third kappa shape index (κ3) is 3.17. The number of aryl methyl sites for hydroxylation is 1. The average Bonchev–Trinajstić information content (AvgIpc) is 2.46. The number of hydrogen-bond acceptors (Lipinski definition) is 2. The molecule has 2 rings (SSSR count). The van der Waals surface area contributed by atoms with Crippen molar-refractivity contribution in [2.75, 3.05) is 7.11 Å². The molecular weight excluding hydrogens is 302 g/mol. The van der Waals surface area contributed by atoms with E-state index in [-0.39, 0.29) is 6.04 Å². The lowest BCUT2D eigenvalue weighted by atomic mass is 9.97. The van der Waals surface area contributed by atoms with Crippen molar-refractivity contribution in [3.8, 4) is 5.75 Å². The van der Waals surface area contributed by atoms with Gasteiger partial charge in [-0.2, -0.15) is 0 Å². The molecule has 2 aromatic rings. The van der Waals surface area contributed by atoms with Gasteiger partial charge >= 0.3 is 0 Å². The summed E-state index contributed by atoms with van der Waals surface area (Å²) in [5, 5.41) is 0. The van der Waals surface area contributed by atoms with Crippen LogP contribution in [0.5, 0.6) is 5.75 Å². The maximum atomic E-state index is 6.34. The van der Waals surface area contributed by atoms with Crippen molar-refractivity contribution in [1.29, 1.82) is 0 Å². The molecule has 0 saturated heterocycles. The fourth-order valence-corrected chi connectivity index (χ4v) is 2.63. The molecule has 19 heavy (non-hydrogen) atoms. The van der Waals surface area contributed by atoms with Gasteiger partial charge in [-0.25, -0.2) is 0 Å². The van der Waals surface area contributed by atoms with E-state index >= 15 is 0 Å². The number of rotatable bonds is 4. The molecule has 0 spiro atoms. The second-order valence-corrected chi connectivity index (χ2v) is 5.32. The first kappa shape index (κ1) is 14.1. The third-order valence-corrected chi connectivity index (χ3v) is 3.87. The molecule has 2 aromatic carbocycles. The van der Waals surface area contributed by atoms with Crippen molar-refractivity contribution in [2.45, 2.75) is 19.4 Å². The van der Waals surface area contributed by atoms with Crippen molar-refractivity contribution < 1.29 is 4.74 Å². The molecule has 0 bridgehead atoms. The highest BCUT2D eigenvalue weighted by molar-refractivity contribution is 9.10. The number of methoxy groups -OCH3 is 1. The van der Waals surface area contributed by atoms with Gasteiger partial charge in [0, 0.05) is 0 Å². The Kier molecular flexibility index (Phi) is 4.61. The van der Waals surface area contributed by atoms with E-state index in [2.05, 4.69) is 47.1 Å². The van der Waals surface area contributed by atoms with Gasteiger partial charge in [-0.1, -0.05) is 37.3 Å². The van der Waals surface area contributed by atoms with E-state index in [1.807, 2.05) is 18.2 Å². The van der Waals surface area contributed by atoms with E-state index in [9.17, 15) is 0 Å². The molecule has 100 valence electrons. The molecule has 0 aliphatic heterocycles. The number of ether oxygens (including phenoxy) is 1. The molecule has 0 heterocycles. The van der Waals surface area contributed by atoms with Crippen molar-refractivity contribution in [3.63, 3.8) is 0 Å². The minimum absolute atomic E-state index is 0.117. The summed E-state index contributed by atoms with van der Waals surface area (Å²) in [4.78, 5) is 0. The number of benzene rings is 2. The van der Waals surface area contributed by atoms with Gasteiger partial charge in [-0.05, 0) is 51.2 Å². The van der Waals surface area contributed by atoms with Crippen LogP contribution >= 0.6 is 15.9 Å². The van der Waals surface area contributed by atoms with Crippen LogP contribution in [0, 0.1) is 0 Å². The molecule has 0 aliphatic rings. The van der Waals surface area contributed by atoms with E-state index in [0.29, 0.717) is 0 Å². The van der Waals surface area contributed by atoms with Gasteiger partial charge in [0.15, 0.2) is 0 Å². The van der Waals surface area contributed by atoms with Crippen LogP contribution in [0.4, 0.5) is 0 Å². The summed E-state index contributed by atoms with van der Waals surface area (Å²) in [7, 11) is 1.66. The Morgan fingerprint density at radius 1 is 1.16 bits per heavy atom. The van der Waals surface area contributed by atoms with Crippen LogP contribution in [0.15, 0.2) is 46.9 Å². The normalized spacial score (nSPS) is 12.2. The first-order chi connectivity index (χ1) is 9.15. The first-order valence-electron chi connectivity index (χ1n) is 6.33. The Morgan fingerprint density at radius 3 is 2.53 bits per heavy atom. The van der Waals surface area contributed by atoms with E-state index in [4.69, 9.17) is 10.5 Å². The van der Waals surface area contributed by atoms with Crippen LogP contribution < -0.4 is 10.5 Å². The Morgan fingerprint density at radius 2 is 1.89 bits per heavy atom. The minimum atomic E-state index is -0.117. The van der Waals surface area contributed by atoms with Crippen LogP contribution in [0.3, 0.4) is 0 Å². The Hall–Kier alpha value is -1.32. The van der Waals surface area contributed by atoms with E-state index in [1.165, 1.54) is 5.56 Å². The highest BCUT2D eigenvalue weighted by Crippen LogP contribution is 2.29. The molecular formula is C16H18BrNO. The third-order valence-electron chi connectivity index (χ3n) is 3.25. The van der Waals surface area contributed by atoms with Gasteiger partial charge in [-0.3, -0.25) is 0 Å². The standard InChI is InChI=1S/C16H18BrNO/c1-3-11-5-4-6-12(9-11)16(18)13-7-8-15(19-2)14(17)10-13/h4-10,16H,3,18H2,1-2H3. The first-order valence-corrected chi connectivity index (χ1v) is 7.13. The van der Waals surface area contributed by atoms with Crippen molar-refractivity contribution in [2.24, 2.45) is 5.73 Å². The summed E-state index contributed by atoms with van der Waals surface area (Å²) in [6.45, 7) is 2.15. The maximum Gasteiger partial charge on any atom is 0.133 e. The van der Waals surface area contributed by atoms with E-state index in [1.54, 1.807) is 7.11 Å². The molecule has 2 nitrogen and oxygen atoms in total. The minimum Gasteiger partial charge on any atom is -0.496 e. The summed E-state index contributed by atoms with van der Waals surface area (Å²) in [5.41, 5.74) is 9.85. The highest BCUT2D eigenvalue weighted by Gasteiger charge is 2.11. The topological polar surface area (TPSA) is 35.2 Å². The summed E-state index contributed by atoms with van der Waals surface area (Å²) in [6, 6.07) is 14.3. The number of halogens is 1. The van der Waals surface area contributed by atoms with Gasteiger partial charge in [0.2, 0.25) is 0 Å². The van der Waals surface area contributed by atoms with Crippen LogP contribution in [0.1, 0.15) is 29.7 Å². The molecule has 0 fully saturated rings. The van der Waals surface area contributed by atoms with Crippen LogP contribution in [-0.2, 0) is 6.42 Å². The molecule has 0 saturated carbocycles. The summed E-state index contributed by atoms with van der Waals surface area (Å²) >= 11 is 3.50. The Bertz CT molecular complexity index is 568. The monoisotopic (exact) mass is 319 g/mol. The molecule has 1 atom stereocenters. The van der Waals surface area contributed by atoms with Gasteiger partial charge in [-0.15, -0.1) is 0 Å². The van der Waals surface area contributed by atoms with Crippen LogP contribution in [0.2, 0.25) is 0 Å². The highest BCUT2D eigenvalue weighted by atomic mass is 79.9. The van der Waals surface area contributed by atoms with E-state index < -0.39 is 0 Å². The SMILES string of the molecule is CCc1cccc(C(N)c2ccc(OC)c(Br)c2)c1. The van der Waals surface area contributed by atoms with Gasteiger partial charge in [0.05, 0.1) is 17.6 Å². The lowest BCUT2D eigenvalue weighted by Gasteiger charge is -2.15. The van der Waals surface area contributed by atoms with Gasteiger partial charge in [0.1, 0.15) is 5.75 Å². The number of nitrogens with two attached hydrogens (primary N) is 1. The zero-order valence-corrected chi connectivity index (χ0v) is 12.8. The van der Waals surface area contributed by atoms with E-state index in [0.717, 1.165) is 27.8 Å². The molecule has 0 amide bonds. The van der Waals surface area contributed by atoms with Gasteiger partial charge < -0.3 is 10.5 Å². The maximum absolute atomic E-state index is 6.34. The molecule has 0 radical (unpaired) electrons. The fourth-order valence-electron chi connectivity index (χ4n) is 2.08. The van der Waals surface area contributed by atoms with Crippen molar-refractivity contribution in [3.05, 3.63) is 63.6 Å². The van der Waals surface area contributed by atoms with Crippen LogP contribution in [-0.4, -0.2) is 7.11 Å². The second-order valence-electron chi connectivity index (χ2n) is 4.47. The summed E-state index contributed by atoms with van der Waals surface area (Å²) in [5.74, 6) is 0.818.